The van der Waals surface area contributed by atoms with Crippen LogP contribution in [0.5, 0.6) is 5.75 Å². The molecular weight excluding hydrogens is 218 g/mol. The summed E-state index contributed by atoms with van der Waals surface area (Å²) in [7, 11) is 0. The SMILES string of the molecule is O=C(CN1CCC(O)CC1)c1ccccc1O. The number of carbonyl (C=O) groups excluding carboxylic acids is 1. The molecule has 0 radical (unpaired) electrons. The van der Waals surface area contributed by atoms with Crippen LogP contribution in [0, 0.1) is 0 Å². The van der Waals surface area contributed by atoms with Gasteiger partial charge in [0.2, 0.25) is 0 Å². The number of hydrogen-bond acceptors (Lipinski definition) is 4. The number of carbonyl (C=O) groups is 1. The number of rotatable bonds is 3. The summed E-state index contributed by atoms with van der Waals surface area (Å²) in [6.07, 6.45) is 1.20. The third-order valence-electron chi connectivity index (χ3n) is 3.13. The van der Waals surface area contributed by atoms with Gasteiger partial charge in [0.1, 0.15) is 5.75 Å². The van der Waals surface area contributed by atoms with E-state index in [1.54, 1.807) is 18.2 Å². The lowest BCUT2D eigenvalue weighted by Crippen LogP contribution is -2.39. The molecule has 0 atom stereocenters. The van der Waals surface area contributed by atoms with Crippen LogP contribution in [0.2, 0.25) is 0 Å². The van der Waals surface area contributed by atoms with Gasteiger partial charge in [0.05, 0.1) is 18.2 Å². The number of benzene rings is 1. The van der Waals surface area contributed by atoms with E-state index in [1.165, 1.54) is 6.07 Å². The third kappa shape index (κ3) is 3.05. The minimum absolute atomic E-state index is 0.0366. The van der Waals surface area contributed by atoms with Crippen LogP contribution in [0.4, 0.5) is 0 Å². The lowest BCUT2D eigenvalue weighted by Gasteiger charge is -2.28. The molecular formula is C13H17NO3. The zero-order chi connectivity index (χ0) is 12.3. The molecule has 1 aromatic rings. The minimum Gasteiger partial charge on any atom is -0.507 e. The Morgan fingerprint density at radius 1 is 1.29 bits per heavy atom. The molecule has 92 valence electrons. The Bertz CT molecular complexity index is 397. The van der Waals surface area contributed by atoms with Crippen LogP contribution in [0.3, 0.4) is 0 Å². The topological polar surface area (TPSA) is 60.8 Å². The highest BCUT2D eigenvalue weighted by Gasteiger charge is 2.20. The van der Waals surface area contributed by atoms with Gasteiger partial charge in [-0.2, -0.15) is 0 Å². The number of Topliss-reactive ketones (excluding diaryl/α,β-unsaturated/α-hetero) is 1. The molecule has 1 aliphatic rings. The summed E-state index contributed by atoms with van der Waals surface area (Å²) in [5.74, 6) is -0.0333. The Labute approximate surface area is 100 Å². The number of nitrogens with zero attached hydrogens (tertiary/aromatic N) is 1. The first-order valence-corrected chi connectivity index (χ1v) is 5.88. The van der Waals surface area contributed by atoms with Gasteiger partial charge in [-0.3, -0.25) is 9.69 Å². The molecule has 0 amide bonds. The van der Waals surface area contributed by atoms with Crippen molar-refractivity contribution in [3.8, 4) is 5.75 Å². The van der Waals surface area contributed by atoms with Crippen molar-refractivity contribution in [2.24, 2.45) is 0 Å². The highest BCUT2D eigenvalue weighted by Crippen LogP contribution is 2.17. The fraction of sp³-hybridized carbons (Fsp3) is 0.462. The zero-order valence-corrected chi connectivity index (χ0v) is 9.67. The first-order chi connectivity index (χ1) is 8.16. The zero-order valence-electron chi connectivity index (χ0n) is 9.67. The van der Waals surface area contributed by atoms with Crippen LogP contribution in [0.25, 0.3) is 0 Å². The molecule has 1 saturated heterocycles. The van der Waals surface area contributed by atoms with Crippen molar-refractivity contribution >= 4 is 5.78 Å². The number of phenolic OH excluding ortho intramolecular Hbond substituents is 1. The summed E-state index contributed by atoms with van der Waals surface area (Å²) in [6, 6.07) is 6.60. The maximum atomic E-state index is 12.0. The quantitative estimate of drug-likeness (QED) is 0.768. The maximum absolute atomic E-state index is 12.0. The van der Waals surface area contributed by atoms with Gasteiger partial charge < -0.3 is 10.2 Å². The molecule has 1 fully saturated rings. The Kier molecular flexibility index (Phi) is 3.76. The molecule has 2 rings (SSSR count). The van der Waals surface area contributed by atoms with E-state index in [1.807, 2.05) is 4.90 Å². The van der Waals surface area contributed by atoms with Gasteiger partial charge >= 0.3 is 0 Å². The molecule has 0 aromatic heterocycles. The van der Waals surface area contributed by atoms with Crippen molar-refractivity contribution in [2.75, 3.05) is 19.6 Å². The number of hydrogen-bond donors (Lipinski definition) is 2. The third-order valence-corrected chi connectivity index (χ3v) is 3.13. The molecule has 17 heavy (non-hydrogen) atoms. The summed E-state index contributed by atoms with van der Waals surface area (Å²) >= 11 is 0. The highest BCUT2D eigenvalue weighted by molar-refractivity contribution is 5.99. The number of aromatic hydroxyl groups is 1. The second kappa shape index (κ2) is 5.29. The van der Waals surface area contributed by atoms with Crippen molar-refractivity contribution in [1.82, 2.24) is 4.90 Å². The van der Waals surface area contributed by atoms with E-state index in [2.05, 4.69) is 0 Å². The van der Waals surface area contributed by atoms with E-state index in [0.717, 1.165) is 13.1 Å². The Balaban J connectivity index is 1.96. The number of piperidine rings is 1. The molecule has 0 aliphatic carbocycles. The van der Waals surface area contributed by atoms with Crippen molar-refractivity contribution < 1.29 is 15.0 Å². The molecule has 4 heteroatoms. The summed E-state index contributed by atoms with van der Waals surface area (Å²) in [5, 5.41) is 18.9. The summed E-state index contributed by atoms with van der Waals surface area (Å²) < 4.78 is 0. The molecule has 0 saturated carbocycles. The number of ketones is 1. The second-order valence-electron chi connectivity index (χ2n) is 4.45. The Morgan fingerprint density at radius 2 is 1.94 bits per heavy atom. The molecule has 4 nitrogen and oxygen atoms in total. The standard InChI is InChI=1S/C13H17NO3/c15-10-5-7-14(8-6-10)9-13(17)11-3-1-2-4-12(11)16/h1-4,10,15-16H,5-9H2. The Hall–Kier alpha value is -1.39. The number of phenols is 1. The van der Waals surface area contributed by atoms with Crippen molar-refractivity contribution in [1.29, 1.82) is 0 Å². The van der Waals surface area contributed by atoms with Crippen molar-refractivity contribution in [3.63, 3.8) is 0 Å². The maximum Gasteiger partial charge on any atom is 0.180 e. The normalized spacial score (nSPS) is 18.2. The van der Waals surface area contributed by atoms with Gasteiger partial charge in [-0.25, -0.2) is 0 Å². The monoisotopic (exact) mass is 235 g/mol. The first kappa shape index (κ1) is 12.1. The molecule has 1 aromatic carbocycles. The van der Waals surface area contributed by atoms with Crippen molar-refractivity contribution in [2.45, 2.75) is 18.9 Å². The summed E-state index contributed by atoms with van der Waals surface area (Å²) in [5.41, 5.74) is 0.374. The fourth-order valence-corrected chi connectivity index (χ4v) is 2.08. The van der Waals surface area contributed by atoms with Gasteiger partial charge in [0.15, 0.2) is 5.78 Å². The van der Waals surface area contributed by atoms with Gasteiger partial charge in [-0.1, -0.05) is 12.1 Å². The minimum atomic E-state index is -0.230. The molecule has 0 spiro atoms. The lowest BCUT2D eigenvalue weighted by atomic mass is 10.1. The van der Waals surface area contributed by atoms with E-state index in [9.17, 15) is 15.0 Å². The number of para-hydroxylation sites is 1. The van der Waals surface area contributed by atoms with Gasteiger partial charge in [-0.05, 0) is 25.0 Å². The van der Waals surface area contributed by atoms with Crippen LogP contribution in [-0.2, 0) is 0 Å². The van der Waals surface area contributed by atoms with Gasteiger partial charge in [0, 0.05) is 13.1 Å². The van der Waals surface area contributed by atoms with E-state index in [0.29, 0.717) is 24.9 Å². The predicted molar refractivity (Wildman–Crippen MR) is 64.1 cm³/mol. The van der Waals surface area contributed by atoms with E-state index in [-0.39, 0.29) is 17.6 Å². The van der Waals surface area contributed by atoms with Gasteiger partial charge in [-0.15, -0.1) is 0 Å². The highest BCUT2D eigenvalue weighted by atomic mass is 16.3. The Morgan fingerprint density at radius 3 is 2.59 bits per heavy atom. The summed E-state index contributed by atoms with van der Waals surface area (Å²) in [6.45, 7) is 1.78. The van der Waals surface area contributed by atoms with Crippen LogP contribution in [0.15, 0.2) is 24.3 Å². The van der Waals surface area contributed by atoms with E-state index in [4.69, 9.17) is 0 Å². The smallest absolute Gasteiger partial charge is 0.180 e. The van der Waals surface area contributed by atoms with E-state index >= 15 is 0 Å². The summed E-state index contributed by atoms with van der Waals surface area (Å²) in [4.78, 5) is 14.0. The molecule has 1 heterocycles. The van der Waals surface area contributed by atoms with Crippen LogP contribution in [0.1, 0.15) is 23.2 Å². The van der Waals surface area contributed by atoms with E-state index < -0.39 is 0 Å². The predicted octanol–water partition coefficient (Wildman–Crippen LogP) is 1.03. The molecule has 2 N–H and O–H groups in total. The number of aliphatic hydroxyl groups is 1. The number of aliphatic hydroxyl groups excluding tert-OH is 1. The van der Waals surface area contributed by atoms with Crippen LogP contribution < -0.4 is 0 Å². The molecule has 0 bridgehead atoms. The second-order valence-corrected chi connectivity index (χ2v) is 4.45. The first-order valence-electron chi connectivity index (χ1n) is 5.88. The largest absolute Gasteiger partial charge is 0.507 e. The molecule has 1 aliphatic heterocycles. The lowest BCUT2D eigenvalue weighted by molar-refractivity contribution is 0.0709. The average Bonchev–Trinajstić information content (AvgIpc) is 2.32. The fourth-order valence-electron chi connectivity index (χ4n) is 2.08. The van der Waals surface area contributed by atoms with Crippen molar-refractivity contribution in [3.05, 3.63) is 29.8 Å². The van der Waals surface area contributed by atoms with Crippen LogP contribution in [-0.4, -0.2) is 46.6 Å². The average molecular weight is 235 g/mol. The van der Waals surface area contributed by atoms with Crippen LogP contribution >= 0.6 is 0 Å². The molecule has 0 unspecified atom stereocenters. The van der Waals surface area contributed by atoms with Gasteiger partial charge in [0.25, 0.3) is 0 Å². The number of likely N-dealkylation sites (tertiary alicyclic amines) is 1.